The van der Waals surface area contributed by atoms with Crippen molar-refractivity contribution in [1.82, 2.24) is 30.1 Å². The molecule has 4 aromatic rings. The maximum Gasteiger partial charge on any atom is 0.255 e. The molecule has 6 rings (SSSR count). The summed E-state index contributed by atoms with van der Waals surface area (Å²) in [5.41, 5.74) is 4.41. The molecule has 0 radical (unpaired) electrons. The molecule has 45 heavy (non-hydrogen) atoms. The molecule has 2 fully saturated rings. The van der Waals surface area contributed by atoms with Crippen LogP contribution in [0.25, 0.3) is 16.9 Å². The van der Waals surface area contributed by atoms with Crippen LogP contribution in [0.5, 0.6) is 0 Å². The van der Waals surface area contributed by atoms with E-state index in [1.54, 1.807) is 12.3 Å². The Kier molecular flexibility index (Phi) is 8.58. The largest absolute Gasteiger partial charge is 0.382 e. The fraction of sp³-hybridized carbons (Fsp3) is 0.353. The second-order valence-corrected chi connectivity index (χ2v) is 12.0. The molecular formula is C34H36N8O3. The van der Waals surface area contributed by atoms with Crippen LogP contribution in [0.2, 0.25) is 0 Å². The predicted molar refractivity (Wildman–Crippen MR) is 170 cm³/mol. The molecule has 11 nitrogen and oxygen atoms in total. The molecule has 1 aromatic carbocycles. The Morgan fingerprint density at radius 2 is 1.89 bits per heavy atom. The Bertz CT molecular complexity index is 1800. The van der Waals surface area contributed by atoms with Crippen molar-refractivity contribution in [3.8, 4) is 11.9 Å². The SMILES string of the molecule is CC(C)Nc1cc(-n2ccc3cc(C#N)cnc32)ncc1C(=O)NC1CCN(Cc2ccccc2C2CCC(=O)NC2=O)CC1. The molecule has 0 saturated carbocycles. The van der Waals surface area contributed by atoms with Gasteiger partial charge in [0.25, 0.3) is 5.91 Å². The van der Waals surface area contributed by atoms with Crippen LogP contribution < -0.4 is 16.0 Å². The summed E-state index contributed by atoms with van der Waals surface area (Å²) in [4.78, 5) is 49.1. The Morgan fingerprint density at radius 3 is 2.64 bits per heavy atom. The number of likely N-dealkylation sites (tertiary alicyclic amines) is 1. The van der Waals surface area contributed by atoms with Crippen LogP contribution in [0.4, 0.5) is 5.69 Å². The average molecular weight is 605 g/mol. The first-order valence-corrected chi connectivity index (χ1v) is 15.4. The summed E-state index contributed by atoms with van der Waals surface area (Å²) in [6, 6.07) is 15.7. The molecule has 2 aliphatic heterocycles. The molecule has 3 aromatic heterocycles. The Labute approximate surface area is 261 Å². The molecule has 1 atom stereocenters. The molecule has 230 valence electrons. The third-order valence-corrected chi connectivity index (χ3v) is 8.47. The highest BCUT2D eigenvalue weighted by atomic mass is 16.2. The number of pyridine rings is 2. The number of fused-ring (bicyclic) bond motifs is 1. The van der Waals surface area contributed by atoms with Gasteiger partial charge in [-0.1, -0.05) is 24.3 Å². The summed E-state index contributed by atoms with van der Waals surface area (Å²) >= 11 is 0. The Hall–Kier alpha value is -5.08. The summed E-state index contributed by atoms with van der Waals surface area (Å²) in [5, 5.41) is 19.1. The molecule has 0 bridgehead atoms. The summed E-state index contributed by atoms with van der Waals surface area (Å²) in [6.07, 6.45) is 7.49. The minimum Gasteiger partial charge on any atom is -0.382 e. The van der Waals surface area contributed by atoms with E-state index in [1.807, 2.05) is 54.9 Å². The van der Waals surface area contributed by atoms with E-state index in [1.165, 1.54) is 6.20 Å². The predicted octanol–water partition coefficient (Wildman–Crippen LogP) is 4.03. The zero-order valence-electron chi connectivity index (χ0n) is 25.4. The maximum absolute atomic E-state index is 13.5. The van der Waals surface area contributed by atoms with E-state index in [0.717, 1.165) is 42.4 Å². The number of aromatic nitrogens is 3. The number of amides is 3. The lowest BCUT2D eigenvalue weighted by atomic mass is 9.87. The molecule has 11 heteroatoms. The quantitative estimate of drug-likeness (QED) is 0.256. The van der Waals surface area contributed by atoms with E-state index < -0.39 is 0 Å². The highest BCUT2D eigenvalue weighted by Gasteiger charge is 2.30. The monoisotopic (exact) mass is 604 g/mol. The molecule has 3 amide bonds. The van der Waals surface area contributed by atoms with Gasteiger partial charge in [0.05, 0.1) is 22.7 Å². The van der Waals surface area contributed by atoms with Crippen LogP contribution in [0.1, 0.15) is 72.5 Å². The number of piperidine rings is 2. The lowest BCUT2D eigenvalue weighted by Crippen LogP contribution is -2.44. The number of rotatable bonds is 8. The van der Waals surface area contributed by atoms with Crippen LogP contribution in [0.15, 0.2) is 61.1 Å². The standard InChI is InChI=1S/C34H36N8O3/c1-21(2)38-29-16-30(42-14-9-23-15-22(17-35)18-37-32(23)42)36-19-28(29)34(45)39-25-10-12-41(13-11-25)20-24-5-3-4-6-26(24)27-7-8-31(43)40-33(27)44/h3-6,9,14-16,18-19,21,25,27H,7-8,10-13,20H2,1-2H3,(H,36,38)(H,39,45)(H,40,43,44). The zero-order valence-corrected chi connectivity index (χ0v) is 25.4. The fourth-order valence-corrected chi connectivity index (χ4v) is 6.21. The molecule has 2 aliphatic rings. The van der Waals surface area contributed by atoms with Crippen LogP contribution in [0.3, 0.4) is 0 Å². The van der Waals surface area contributed by atoms with E-state index in [2.05, 4.69) is 43.0 Å². The van der Waals surface area contributed by atoms with Gasteiger partial charge >= 0.3 is 0 Å². The lowest BCUT2D eigenvalue weighted by molar-refractivity contribution is -0.134. The molecule has 0 aliphatic carbocycles. The topological polar surface area (TPSA) is 145 Å². The number of benzene rings is 1. The number of nitrogens with one attached hydrogen (secondary N) is 3. The van der Waals surface area contributed by atoms with Crippen molar-refractivity contribution in [3.63, 3.8) is 0 Å². The van der Waals surface area contributed by atoms with Crippen molar-refractivity contribution in [2.45, 2.75) is 64.1 Å². The number of anilines is 1. The van der Waals surface area contributed by atoms with Crippen molar-refractivity contribution in [1.29, 1.82) is 5.26 Å². The van der Waals surface area contributed by atoms with E-state index >= 15 is 0 Å². The summed E-state index contributed by atoms with van der Waals surface area (Å²) in [5.74, 6) is -0.296. The Morgan fingerprint density at radius 1 is 1.09 bits per heavy atom. The van der Waals surface area contributed by atoms with Gasteiger partial charge in [-0.05, 0) is 56.4 Å². The normalized spacial score (nSPS) is 17.7. The molecule has 1 unspecified atom stereocenters. The van der Waals surface area contributed by atoms with Gasteiger partial charge in [0.2, 0.25) is 11.8 Å². The first-order chi connectivity index (χ1) is 21.8. The van der Waals surface area contributed by atoms with Crippen LogP contribution in [-0.4, -0.2) is 62.3 Å². The number of imide groups is 1. The number of hydrogen-bond donors (Lipinski definition) is 3. The van der Waals surface area contributed by atoms with Gasteiger partial charge in [-0.2, -0.15) is 5.26 Å². The minimum atomic E-state index is -0.312. The van der Waals surface area contributed by atoms with Crippen LogP contribution >= 0.6 is 0 Å². The number of nitriles is 1. The molecule has 0 spiro atoms. The lowest BCUT2D eigenvalue weighted by Gasteiger charge is -2.33. The highest BCUT2D eigenvalue weighted by molar-refractivity contribution is 6.01. The minimum absolute atomic E-state index is 0.0256. The zero-order chi connectivity index (χ0) is 31.5. The first kappa shape index (κ1) is 30.0. The van der Waals surface area contributed by atoms with E-state index in [9.17, 15) is 19.6 Å². The number of carbonyl (C=O) groups is 3. The van der Waals surface area contributed by atoms with E-state index in [0.29, 0.717) is 47.7 Å². The fourth-order valence-electron chi connectivity index (χ4n) is 6.21. The average Bonchev–Trinajstić information content (AvgIpc) is 3.45. The molecular weight excluding hydrogens is 568 g/mol. The third kappa shape index (κ3) is 6.56. The van der Waals surface area contributed by atoms with Crippen molar-refractivity contribution in [2.75, 3.05) is 18.4 Å². The van der Waals surface area contributed by atoms with Gasteiger partial charge in [-0.25, -0.2) is 9.97 Å². The number of nitrogens with zero attached hydrogens (tertiary/aromatic N) is 5. The van der Waals surface area contributed by atoms with Crippen molar-refractivity contribution >= 4 is 34.4 Å². The Balaban J connectivity index is 1.11. The van der Waals surface area contributed by atoms with Crippen LogP contribution in [-0.2, 0) is 16.1 Å². The maximum atomic E-state index is 13.5. The van der Waals surface area contributed by atoms with Crippen molar-refractivity contribution < 1.29 is 14.4 Å². The summed E-state index contributed by atoms with van der Waals surface area (Å²) in [7, 11) is 0. The summed E-state index contributed by atoms with van der Waals surface area (Å²) < 4.78 is 1.84. The highest BCUT2D eigenvalue weighted by Crippen LogP contribution is 2.29. The van der Waals surface area contributed by atoms with Gasteiger partial charge in [-0.3, -0.25) is 29.2 Å². The third-order valence-electron chi connectivity index (χ3n) is 8.47. The number of hydrogen-bond acceptors (Lipinski definition) is 8. The first-order valence-electron chi connectivity index (χ1n) is 15.4. The van der Waals surface area contributed by atoms with Gasteiger partial charge in [-0.15, -0.1) is 0 Å². The smallest absolute Gasteiger partial charge is 0.255 e. The van der Waals surface area contributed by atoms with E-state index in [4.69, 9.17) is 0 Å². The van der Waals surface area contributed by atoms with Gasteiger partial charge in [0.1, 0.15) is 17.5 Å². The van der Waals surface area contributed by atoms with E-state index in [-0.39, 0.29) is 35.7 Å². The molecule has 3 N–H and O–H groups in total. The van der Waals surface area contributed by atoms with Gasteiger partial charge in [0.15, 0.2) is 0 Å². The van der Waals surface area contributed by atoms with Gasteiger partial charge in [0, 0.05) is 68.2 Å². The second kappa shape index (κ2) is 12.9. The summed E-state index contributed by atoms with van der Waals surface area (Å²) in [6.45, 7) is 6.37. The van der Waals surface area contributed by atoms with Gasteiger partial charge < -0.3 is 10.6 Å². The van der Waals surface area contributed by atoms with Crippen molar-refractivity contribution in [3.05, 3.63) is 83.3 Å². The molecule has 2 saturated heterocycles. The number of carbonyl (C=O) groups excluding carboxylic acids is 3. The second-order valence-electron chi connectivity index (χ2n) is 12.0. The van der Waals surface area contributed by atoms with Crippen LogP contribution in [0, 0.1) is 11.3 Å². The van der Waals surface area contributed by atoms with Crippen molar-refractivity contribution in [2.24, 2.45) is 0 Å². The molecule has 5 heterocycles.